The van der Waals surface area contributed by atoms with Crippen molar-refractivity contribution in [1.29, 1.82) is 0 Å². The highest BCUT2D eigenvalue weighted by molar-refractivity contribution is 5.96. The fraction of sp³-hybridized carbons (Fsp3) is 0.650. The molecule has 0 fully saturated rings. The summed E-state index contributed by atoms with van der Waals surface area (Å²) < 4.78 is 5.73. The Morgan fingerprint density at radius 2 is 1.87 bits per heavy atom. The standard InChI is InChI=1S/C20H33NO2/c1-6-10-18(23-7-2)11-8-9-12-21-20(22)19-14-15(3)13-16(4)17(19)5/h13-14,18H,6-12H2,1-5H3,(H,21,22). The molecule has 0 aliphatic heterocycles. The first kappa shape index (κ1) is 19.7. The Kier molecular flexibility index (Phi) is 8.93. The molecular formula is C20H33NO2. The smallest absolute Gasteiger partial charge is 0.251 e. The maximum Gasteiger partial charge on any atom is 0.251 e. The Hall–Kier alpha value is -1.35. The van der Waals surface area contributed by atoms with Crippen LogP contribution in [0.15, 0.2) is 12.1 Å². The van der Waals surface area contributed by atoms with Crippen LogP contribution in [-0.4, -0.2) is 25.2 Å². The van der Waals surface area contributed by atoms with Gasteiger partial charge in [-0.05, 0) is 70.6 Å². The lowest BCUT2D eigenvalue weighted by molar-refractivity contribution is 0.0485. The van der Waals surface area contributed by atoms with E-state index >= 15 is 0 Å². The minimum Gasteiger partial charge on any atom is -0.379 e. The molecule has 1 aromatic carbocycles. The van der Waals surface area contributed by atoms with E-state index in [-0.39, 0.29) is 5.91 Å². The van der Waals surface area contributed by atoms with Gasteiger partial charge in [-0.1, -0.05) is 25.0 Å². The van der Waals surface area contributed by atoms with Crippen LogP contribution in [-0.2, 0) is 4.74 Å². The molecule has 1 rings (SSSR count). The zero-order valence-electron chi connectivity index (χ0n) is 15.5. The third-order valence-electron chi connectivity index (χ3n) is 4.31. The van der Waals surface area contributed by atoms with Gasteiger partial charge in [-0.3, -0.25) is 4.79 Å². The molecule has 0 saturated carbocycles. The SMILES string of the molecule is CCCC(CCCCNC(=O)c1cc(C)cc(C)c1C)OCC. The van der Waals surface area contributed by atoms with Gasteiger partial charge < -0.3 is 10.1 Å². The van der Waals surface area contributed by atoms with E-state index in [0.717, 1.165) is 61.9 Å². The van der Waals surface area contributed by atoms with Gasteiger partial charge in [0.1, 0.15) is 0 Å². The van der Waals surface area contributed by atoms with Gasteiger partial charge in [-0.25, -0.2) is 0 Å². The van der Waals surface area contributed by atoms with E-state index < -0.39 is 0 Å². The average molecular weight is 319 g/mol. The molecule has 3 nitrogen and oxygen atoms in total. The molecule has 3 heteroatoms. The minimum atomic E-state index is 0.0456. The highest BCUT2D eigenvalue weighted by atomic mass is 16.5. The molecular weight excluding hydrogens is 286 g/mol. The molecule has 1 aromatic rings. The number of ether oxygens (including phenoxy) is 1. The molecule has 0 saturated heterocycles. The van der Waals surface area contributed by atoms with Crippen LogP contribution in [0.1, 0.15) is 73.0 Å². The fourth-order valence-corrected chi connectivity index (χ4v) is 2.94. The molecule has 0 spiro atoms. The molecule has 130 valence electrons. The van der Waals surface area contributed by atoms with Crippen LogP contribution >= 0.6 is 0 Å². The molecule has 23 heavy (non-hydrogen) atoms. The van der Waals surface area contributed by atoms with E-state index in [1.54, 1.807) is 0 Å². The van der Waals surface area contributed by atoms with Gasteiger partial charge in [0.2, 0.25) is 0 Å². The predicted molar refractivity (Wildman–Crippen MR) is 97.2 cm³/mol. The summed E-state index contributed by atoms with van der Waals surface area (Å²) in [6, 6.07) is 4.09. The number of unbranched alkanes of at least 4 members (excludes halogenated alkanes) is 1. The van der Waals surface area contributed by atoms with Crippen LogP contribution in [0.4, 0.5) is 0 Å². The fourth-order valence-electron chi connectivity index (χ4n) is 2.94. The molecule has 0 aromatic heterocycles. The summed E-state index contributed by atoms with van der Waals surface area (Å²) in [5, 5.41) is 3.05. The minimum absolute atomic E-state index is 0.0456. The summed E-state index contributed by atoms with van der Waals surface area (Å²) in [7, 11) is 0. The molecule has 0 aliphatic rings. The molecule has 0 heterocycles. The summed E-state index contributed by atoms with van der Waals surface area (Å²) in [4.78, 5) is 12.3. The van der Waals surface area contributed by atoms with Crippen molar-refractivity contribution in [3.05, 3.63) is 34.4 Å². The molecule has 0 radical (unpaired) electrons. The van der Waals surface area contributed by atoms with Crippen molar-refractivity contribution >= 4 is 5.91 Å². The first-order valence-electron chi connectivity index (χ1n) is 8.97. The van der Waals surface area contributed by atoms with Gasteiger partial charge in [-0.2, -0.15) is 0 Å². The quantitative estimate of drug-likeness (QED) is 0.634. The third-order valence-corrected chi connectivity index (χ3v) is 4.31. The van der Waals surface area contributed by atoms with Crippen LogP contribution in [0.25, 0.3) is 0 Å². The number of nitrogens with one attached hydrogen (secondary N) is 1. The molecule has 1 N–H and O–H groups in total. The van der Waals surface area contributed by atoms with Gasteiger partial charge in [0.25, 0.3) is 5.91 Å². The number of carbonyl (C=O) groups is 1. The van der Waals surface area contributed by atoms with E-state index in [4.69, 9.17) is 4.74 Å². The lowest BCUT2D eigenvalue weighted by Crippen LogP contribution is -2.25. The first-order valence-corrected chi connectivity index (χ1v) is 8.97. The number of benzene rings is 1. The van der Waals surface area contributed by atoms with Crippen LogP contribution in [0.5, 0.6) is 0 Å². The second kappa shape index (κ2) is 10.4. The normalized spacial score (nSPS) is 12.2. The lowest BCUT2D eigenvalue weighted by atomic mass is 9.99. The first-order chi connectivity index (χ1) is 11.0. The topological polar surface area (TPSA) is 38.3 Å². The number of hydrogen-bond donors (Lipinski definition) is 1. The molecule has 1 atom stereocenters. The number of hydrogen-bond acceptors (Lipinski definition) is 2. The van der Waals surface area contributed by atoms with Crippen molar-refractivity contribution in [2.45, 2.75) is 72.8 Å². The van der Waals surface area contributed by atoms with Crippen molar-refractivity contribution in [3.63, 3.8) is 0 Å². The highest BCUT2D eigenvalue weighted by Crippen LogP contribution is 2.16. The summed E-state index contributed by atoms with van der Waals surface area (Å²) in [6.45, 7) is 11.9. The van der Waals surface area contributed by atoms with Crippen molar-refractivity contribution < 1.29 is 9.53 Å². The van der Waals surface area contributed by atoms with Gasteiger partial charge >= 0.3 is 0 Å². The number of amides is 1. The molecule has 1 amide bonds. The van der Waals surface area contributed by atoms with E-state index in [9.17, 15) is 4.79 Å². The zero-order chi connectivity index (χ0) is 17.2. The van der Waals surface area contributed by atoms with Crippen LogP contribution in [0.3, 0.4) is 0 Å². The van der Waals surface area contributed by atoms with Gasteiger partial charge in [-0.15, -0.1) is 0 Å². The van der Waals surface area contributed by atoms with Gasteiger partial charge in [0.15, 0.2) is 0 Å². The largest absolute Gasteiger partial charge is 0.379 e. The summed E-state index contributed by atoms with van der Waals surface area (Å²) in [5.41, 5.74) is 4.19. The highest BCUT2D eigenvalue weighted by Gasteiger charge is 2.11. The monoisotopic (exact) mass is 319 g/mol. The Morgan fingerprint density at radius 1 is 1.13 bits per heavy atom. The maximum absolute atomic E-state index is 12.3. The van der Waals surface area contributed by atoms with E-state index in [0.29, 0.717) is 6.10 Å². The predicted octanol–water partition coefficient (Wildman–Crippen LogP) is 4.72. The van der Waals surface area contributed by atoms with E-state index in [1.165, 1.54) is 5.56 Å². The second-order valence-corrected chi connectivity index (χ2v) is 6.37. The van der Waals surface area contributed by atoms with Gasteiger partial charge in [0, 0.05) is 18.7 Å². The molecule has 1 unspecified atom stereocenters. The lowest BCUT2D eigenvalue weighted by Gasteiger charge is -2.16. The van der Waals surface area contributed by atoms with Crippen molar-refractivity contribution in [3.8, 4) is 0 Å². The summed E-state index contributed by atoms with van der Waals surface area (Å²) >= 11 is 0. The Labute approximate surface area is 141 Å². The maximum atomic E-state index is 12.3. The van der Waals surface area contributed by atoms with Crippen LogP contribution in [0.2, 0.25) is 0 Å². The van der Waals surface area contributed by atoms with Crippen LogP contribution in [0, 0.1) is 20.8 Å². The number of aryl methyl sites for hydroxylation is 2. The summed E-state index contributed by atoms with van der Waals surface area (Å²) in [5.74, 6) is 0.0456. The molecule has 0 bridgehead atoms. The number of rotatable bonds is 10. The Balaban J connectivity index is 2.37. The van der Waals surface area contributed by atoms with Gasteiger partial charge in [0.05, 0.1) is 6.10 Å². The van der Waals surface area contributed by atoms with E-state index in [1.807, 2.05) is 19.9 Å². The molecule has 0 aliphatic carbocycles. The number of carbonyl (C=O) groups excluding carboxylic acids is 1. The summed E-state index contributed by atoms with van der Waals surface area (Å²) in [6.07, 6.45) is 5.84. The van der Waals surface area contributed by atoms with Crippen molar-refractivity contribution in [2.75, 3.05) is 13.2 Å². The average Bonchev–Trinajstić information content (AvgIpc) is 2.50. The Bertz CT molecular complexity index is 491. The van der Waals surface area contributed by atoms with E-state index in [2.05, 4.69) is 32.2 Å². The second-order valence-electron chi connectivity index (χ2n) is 6.37. The van der Waals surface area contributed by atoms with Crippen LogP contribution < -0.4 is 5.32 Å². The van der Waals surface area contributed by atoms with Crippen molar-refractivity contribution in [1.82, 2.24) is 5.32 Å². The Morgan fingerprint density at radius 3 is 2.52 bits per heavy atom. The zero-order valence-corrected chi connectivity index (χ0v) is 15.5. The van der Waals surface area contributed by atoms with Crippen molar-refractivity contribution in [2.24, 2.45) is 0 Å². The third kappa shape index (κ3) is 6.74.